The van der Waals surface area contributed by atoms with Crippen LogP contribution < -0.4 is 15.4 Å². The predicted molar refractivity (Wildman–Crippen MR) is 257 cm³/mol. The van der Waals surface area contributed by atoms with Crippen LogP contribution in [0.15, 0.2) is 203 Å². The first-order chi connectivity index (χ1) is 30.4. The number of benzene rings is 8. The Bertz CT molecular complexity index is 3070. The fourth-order valence-electron chi connectivity index (χ4n) is 10.3. The summed E-state index contributed by atoms with van der Waals surface area (Å²) in [4.78, 5) is 14.3. The molecule has 0 saturated carbocycles. The molecular weight excluding hydrogens is 777 g/mol. The van der Waals surface area contributed by atoms with E-state index in [-0.39, 0.29) is 12.1 Å². The zero-order chi connectivity index (χ0) is 42.0. The van der Waals surface area contributed by atoms with Gasteiger partial charge in [0.15, 0.2) is 5.84 Å². The first-order valence-electron chi connectivity index (χ1n) is 21.1. The summed E-state index contributed by atoms with van der Waals surface area (Å²) >= 11 is 1.69. The predicted octanol–water partition coefficient (Wildman–Crippen LogP) is 13.1. The molecule has 0 amide bonds. The first kappa shape index (κ1) is 37.8. The Labute approximate surface area is 367 Å². The van der Waals surface area contributed by atoms with E-state index in [1.165, 1.54) is 50.1 Å². The van der Waals surface area contributed by atoms with Crippen molar-refractivity contribution in [2.75, 3.05) is 17.8 Å². The Morgan fingerprint density at radius 3 is 1.82 bits per heavy atom. The maximum atomic E-state index is 6.99. The third-order valence-electron chi connectivity index (χ3n) is 13.0. The minimum absolute atomic E-state index is 0.283. The molecule has 1 heterocycles. The van der Waals surface area contributed by atoms with Gasteiger partial charge in [-0.15, -0.1) is 11.8 Å². The van der Waals surface area contributed by atoms with E-state index in [0.29, 0.717) is 11.7 Å². The normalized spacial score (nSPS) is 15.0. The maximum Gasteiger partial charge on any atom is 0.159 e. The largest absolute Gasteiger partial charge is 0.456 e. The van der Waals surface area contributed by atoms with Gasteiger partial charge in [-0.05, 0) is 86.2 Å². The molecule has 0 atom stereocenters. The number of hydrogen-bond donors (Lipinski definition) is 1. The average Bonchev–Trinajstić information content (AvgIpc) is 3.79. The summed E-state index contributed by atoms with van der Waals surface area (Å²) in [6.07, 6.45) is 2.12. The van der Waals surface area contributed by atoms with Gasteiger partial charge in [-0.3, -0.25) is 0 Å². The lowest BCUT2D eigenvalue weighted by Crippen LogP contribution is -2.34. The lowest BCUT2D eigenvalue weighted by atomic mass is 9.70. The van der Waals surface area contributed by atoms with Crippen LogP contribution in [0, 0.1) is 0 Å². The number of para-hydroxylation sites is 2. The molecule has 8 aromatic rings. The van der Waals surface area contributed by atoms with Crippen LogP contribution in [0.4, 0.5) is 11.4 Å². The van der Waals surface area contributed by atoms with Gasteiger partial charge in [0, 0.05) is 22.2 Å². The summed E-state index contributed by atoms with van der Waals surface area (Å²) in [5, 5.41) is 0. The molecule has 1 spiro atoms. The Morgan fingerprint density at radius 2 is 1.15 bits per heavy atom. The molecule has 0 radical (unpaired) electrons. The van der Waals surface area contributed by atoms with Gasteiger partial charge in [-0.25, -0.2) is 9.98 Å². The summed E-state index contributed by atoms with van der Waals surface area (Å²) in [5.41, 5.74) is 22.5. The minimum Gasteiger partial charge on any atom is -0.456 e. The summed E-state index contributed by atoms with van der Waals surface area (Å²) in [6.45, 7) is 4.90. The summed E-state index contributed by atoms with van der Waals surface area (Å²) in [5.74, 6) is 2.57. The van der Waals surface area contributed by atoms with Crippen LogP contribution in [0.1, 0.15) is 58.4 Å². The van der Waals surface area contributed by atoms with Crippen LogP contribution in [0.25, 0.3) is 22.3 Å². The third kappa shape index (κ3) is 5.63. The highest BCUT2D eigenvalue weighted by Gasteiger charge is 2.52. The van der Waals surface area contributed by atoms with Gasteiger partial charge in [0.05, 0.1) is 16.0 Å². The van der Waals surface area contributed by atoms with Gasteiger partial charge in [0.1, 0.15) is 24.0 Å². The Kier molecular flexibility index (Phi) is 9.02. The van der Waals surface area contributed by atoms with Crippen molar-refractivity contribution >= 4 is 34.8 Å². The number of thioether (sulfide) groups is 1. The molecule has 0 saturated heterocycles. The smallest absolute Gasteiger partial charge is 0.159 e. The monoisotopic (exact) mass is 820 g/mol. The van der Waals surface area contributed by atoms with Crippen molar-refractivity contribution in [3.8, 4) is 33.8 Å². The quantitative estimate of drug-likeness (QED) is 0.0988. The average molecular weight is 821 g/mol. The second-order valence-corrected chi connectivity index (χ2v) is 17.4. The molecule has 2 N–H and O–H groups in total. The molecule has 11 rings (SSSR count). The van der Waals surface area contributed by atoms with Crippen LogP contribution in [0.3, 0.4) is 0 Å². The first-order valence-corrected chi connectivity index (χ1v) is 22.3. The van der Waals surface area contributed by atoms with E-state index in [0.717, 1.165) is 44.5 Å². The number of aliphatic imine (C=N–C) groups is 2. The molecule has 300 valence electrons. The van der Waals surface area contributed by atoms with Gasteiger partial charge in [0.2, 0.25) is 0 Å². The van der Waals surface area contributed by atoms with E-state index in [2.05, 4.69) is 152 Å². The van der Waals surface area contributed by atoms with E-state index in [1.807, 2.05) is 60.7 Å². The lowest BCUT2D eigenvalue weighted by Gasteiger charge is -2.42. The standard InChI is InChI=1S/C56H44N4OS/c1-55(2)45-30-16-17-32-48(45)60(51-47(55)33-34-49(52(51)62-3)61-37-21-8-5-9-22-37)35-58-54(59-53(57)36-19-6-4-7-20-36)41-26-18-31-46-50(41)40-25-12-15-29-44(40)56(46)42-27-13-10-23-38(42)39-24-11-14-28-43(39)56/h4-34H,35H2,1-3H3,(H2,57,58,59). The molecule has 0 aromatic heterocycles. The van der Waals surface area contributed by atoms with Crippen LogP contribution in [0.2, 0.25) is 0 Å². The van der Waals surface area contributed by atoms with Crippen LogP contribution >= 0.6 is 11.8 Å². The van der Waals surface area contributed by atoms with Gasteiger partial charge >= 0.3 is 0 Å². The molecule has 62 heavy (non-hydrogen) atoms. The highest BCUT2D eigenvalue weighted by molar-refractivity contribution is 7.98. The van der Waals surface area contributed by atoms with E-state index in [9.17, 15) is 0 Å². The van der Waals surface area contributed by atoms with Crippen molar-refractivity contribution in [2.45, 2.75) is 29.6 Å². The number of nitrogens with zero attached hydrogens (tertiary/aromatic N) is 3. The Morgan fingerprint density at radius 1 is 0.581 bits per heavy atom. The van der Waals surface area contributed by atoms with Crippen molar-refractivity contribution in [1.82, 2.24) is 0 Å². The van der Waals surface area contributed by atoms with Gasteiger partial charge < -0.3 is 15.4 Å². The number of amidine groups is 2. The zero-order valence-corrected chi connectivity index (χ0v) is 35.7. The van der Waals surface area contributed by atoms with E-state index in [4.69, 9.17) is 20.5 Å². The zero-order valence-electron chi connectivity index (χ0n) is 34.8. The second-order valence-electron chi connectivity index (χ2n) is 16.6. The maximum absolute atomic E-state index is 6.99. The molecule has 0 unspecified atom stereocenters. The Balaban J connectivity index is 1.14. The number of anilines is 2. The van der Waals surface area contributed by atoms with Crippen molar-refractivity contribution in [3.63, 3.8) is 0 Å². The SMILES string of the molecule is CSc1c(Oc2ccccc2)ccc2c1N(C/N=C(\N=C(N)c1ccccc1)c1cccc3c1-c1ccccc1C31c3ccccc3-c3ccccc31)c1ccccc1C2(C)C. The van der Waals surface area contributed by atoms with Crippen LogP contribution in [0.5, 0.6) is 11.5 Å². The van der Waals surface area contributed by atoms with E-state index >= 15 is 0 Å². The molecule has 3 aliphatic rings. The number of fused-ring (bicyclic) bond motifs is 12. The molecule has 5 nitrogen and oxygen atoms in total. The molecule has 0 bridgehead atoms. The molecule has 1 aliphatic heterocycles. The van der Waals surface area contributed by atoms with Crippen molar-refractivity contribution < 1.29 is 4.74 Å². The van der Waals surface area contributed by atoms with Crippen LogP contribution in [-0.2, 0) is 10.8 Å². The van der Waals surface area contributed by atoms with Gasteiger partial charge in [-0.2, -0.15) is 0 Å². The second kappa shape index (κ2) is 14.8. The van der Waals surface area contributed by atoms with E-state index in [1.54, 1.807) is 11.8 Å². The number of rotatable bonds is 7. The molecule has 6 heteroatoms. The summed E-state index contributed by atoms with van der Waals surface area (Å²) < 4.78 is 6.63. The van der Waals surface area contributed by atoms with Crippen LogP contribution in [-0.4, -0.2) is 24.6 Å². The van der Waals surface area contributed by atoms with Gasteiger partial charge in [-0.1, -0.05) is 178 Å². The molecular formula is C56H44N4OS. The lowest BCUT2D eigenvalue weighted by molar-refractivity contribution is 0.469. The van der Waals surface area contributed by atoms with Crippen molar-refractivity contribution in [1.29, 1.82) is 0 Å². The molecule has 2 aliphatic carbocycles. The fraction of sp³-hybridized carbons (Fsp3) is 0.107. The third-order valence-corrected chi connectivity index (χ3v) is 13.8. The number of nitrogens with two attached hydrogens (primary N) is 1. The molecule has 8 aromatic carbocycles. The topological polar surface area (TPSA) is 63.2 Å². The number of ether oxygens (including phenoxy) is 1. The molecule has 0 fully saturated rings. The van der Waals surface area contributed by atoms with Crippen molar-refractivity contribution in [3.05, 3.63) is 233 Å². The van der Waals surface area contributed by atoms with E-state index < -0.39 is 5.41 Å². The summed E-state index contributed by atoms with van der Waals surface area (Å²) in [6, 6.07) is 66.3. The minimum atomic E-state index is -0.506. The fourth-order valence-corrected chi connectivity index (χ4v) is 11.0. The summed E-state index contributed by atoms with van der Waals surface area (Å²) in [7, 11) is 0. The van der Waals surface area contributed by atoms with Crippen molar-refractivity contribution in [2.24, 2.45) is 15.7 Å². The Hall–Kier alpha value is -7.15. The highest BCUT2D eigenvalue weighted by Crippen LogP contribution is 2.63. The number of hydrogen-bond acceptors (Lipinski definition) is 4. The van der Waals surface area contributed by atoms with Gasteiger partial charge in [0.25, 0.3) is 0 Å². The highest BCUT2D eigenvalue weighted by atomic mass is 32.2.